The van der Waals surface area contributed by atoms with E-state index in [0.717, 1.165) is 10.7 Å². The molecule has 182 valence electrons. The van der Waals surface area contributed by atoms with Crippen molar-refractivity contribution in [3.8, 4) is 28.4 Å². The van der Waals surface area contributed by atoms with E-state index in [1.807, 2.05) is 13.8 Å². The Hall–Kier alpha value is -4.87. The number of fused-ring (bicyclic) bond motifs is 1. The number of pyridine rings is 1. The molecule has 0 fully saturated rings. The van der Waals surface area contributed by atoms with Crippen molar-refractivity contribution in [2.45, 2.75) is 19.9 Å². The normalized spacial score (nSPS) is 11.4. The molecule has 0 saturated heterocycles. The number of H-pyrrole nitrogens is 1. The molecule has 3 heterocycles. The third-order valence-corrected chi connectivity index (χ3v) is 5.50. The highest BCUT2D eigenvalue weighted by molar-refractivity contribution is 5.97. The fourth-order valence-corrected chi connectivity index (χ4v) is 3.95. The van der Waals surface area contributed by atoms with Crippen LogP contribution in [0.2, 0.25) is 0 Å². The van der Waals surface area contributed by atoms with Crippen LogP contribution in [0.4, 0.5) is 8.78 Å². The van der Waals surface area contributed by atoms with Crippen molar-refractivity contribution in [3.05, 3.63) is 82.5 Å². The predicted octanol–water partition coefficient (Wildman–Crippen LogP) is 3.72. The summed E-state index contributed by atoms with van der Waals surface area (Å²) in [6.07, 6.45) is 1.43. The van der Waals surface area contributed by atoms with Gasteiger partial charge in [0.15, 0.2) is 28.7 Å². The fraction of sp³-hybridized carbons (Fsp3) is 0.125. The van der Waals surface area contributed by atoms with E-state index in [1.165, 1.54) is 47.2 Å². The van der Waals surface area contributed by atoms with E-state index in [1.54, 1.807) is 6.07 Å². The van der Waals surface area contributed by atoms with Gasteiger partial charge < -0.3 is 10.5 Å². The first-order chi connectivity index (χ1) is 17.3. The maximum Gasteiger partial charge on any atom is 0.328 e. The molecule has 0 aliphatic rings. The number of amides is 1. The number of aromatic nitrogens is 6. The number of primary amides is 1. The topological polar surface area (TPSA) is 134 Å². The van der Waals surface area contributed by atoms with Crippen LogP contribution < -0.4 is 16.2 Å². The van der Waals surface area contributed by atoms with Crippen LogP contribution in [0.1, 0.15) is 30.4 Å². The smallest absolute Gasteiger partial charge is 0.328 e. The van der Waals surface area contributed by atoms with Gasteiger partial charge in [-0.1, -0.05) is 17.3 Å². The Kier molecular flexibility index (Phi) is 5.55. The quantitative estimate of drug-likeness (QED) is 0.372. The van der Waals surface area contributed by atoms with Gasteiger partial charge in [-0.15, -0.1) is 5.10 Å². The van der Waals surface area contributed by atoms with Gasteiger partial charge in [-0.3, -0.25) is 14.3 Å². The minimum Gasteiger partial charge on any atom is -0.452 e. The summed E-state index contributed by atoms with van der Waals surface area (Å²) in [4.78, 5) is 31.1. The number of ether oxygens (including phenoxy) is 1. The van der Waals surface area contributed by atoms with Gasteiger partial charge in [-0.05, 0) is 44.2 Å². The lowest BCUT2D eigenvalue weighted by atomic mass is 10.1. The lowest BCUT2D eigenvalue weighted by molar-refractivity contribution is 0.0996. The SMILES string of the molecule is CC(C)n1c(=O)[nH]c2nccc(Oc3ccc(-c4c(C(N)=O)nnn4-c4ccccc4F)cc3F)c21. The number of carbonyl (C=O) groups excluding carboxylic acids is 1. The fourth-order valence-electron chi connectivity index (χ4n) is 3.95. The standard InChI is InChI=1S/C24H19F2N7O3/c1-12(2)32-21-18(9-10-28-23(21)29-24(32)35)36-17-8-7-13(11-15(17)26)20-19(22(27)34)30-31-33(20)16-6-4-3-5-14(16)25/h3-12H,1-2H3,(H2,27,34)(H,28,29,35). The first-order valence-corrected chi connectivity index (χ1v) is 10.8. The average Bonchev–Trinajstić information content (AvgIpc) is 3.42. The summed E-state index contributed by atoms with van der Waals surface area (Å²) in [5.41, 5.74) is 5.70. The third kappa shape index (κ3) is 3.78. The van der Waals surface area contributed by atoms with Gasteiger partial charge in [0.25, 0.3) is 5.91 Å². The molecule has 0 radical (unpaired) electrons. The molecule has 0 aliphatic heterocycles. The Morgan fingerprint density at radius 1 is 1.08 bits per heavy atom. The Morgan fingerprint density at radius 3 is 2.56 bits per heavy atom. The monoisotopic (exact) mass is 491 g/mol. The van der Waals surface area contributed by atoms with Crippen LogP contribution in [-0.4, -0.2) is 35.4 Å². The molecular weight excluding hydrogens is 472 g/mol. The first-order valence-electron chi connectivity index (χ1n) is 10.8. The number of para-hydroxylation sites is 1. The van der Waals surface area contributed by atoms with Gasteiger partial charge in [0.05, 0.1) is 0 Å². The van der Waals surface area contributed by atoms with Crippen LogP contribution in [0.3, 0.4) is 0 Å². The number of nitrogens with one attached hydrogen (secondary N) is 1. The van der Waals surface area contributed by atoms with Crippen LogP contribution in [-0.2, 0) is 0 Å². The number of nitrogens with zero attached hydrogens (tertiary/aromatic N) is 5. The van der Waals surface area contributed by atoms with Crippen molar-refractivity contribution in [1.82, 2.24) is 29.5 Å². The number of benzene rings is 2. The third-order valence-electron chi connectivity index (χ3n) is 5.50. The molecular formula is C24H19F2N7O3. The number of nitrogens with two attached hydrogens (primary N) is 1. The number of halogens is 2. The minimum atomic E-state index is -0.911. The van der Waals surface area contributed by atoms with E-state index in [9.17, 15) is 14.0 Å². The number of hydrogen-bond donors (Lipinski definition) is 2. The van der Waals surface area contributed by atoms with Crippen molar-refractivity contribution in [2.75, 3.05) is 0 Å². The molecule has 5 aromatic rings. The van der Waals surface area contributed by atoms with E-state index >= 15 is 4.39 Å². The molecule has 0 spiro atoms. The highest BCUT2D eigenvalue weighted by Gasteiger charge is 2.23. The lowest BCUT2D eigenvalue weighted by Crippen LogP contribution is -2.18. The molecule has 0 bridgehead atoms. The maximum absolute atomic E-state index is 15.3. The van der Waals surface area contributed by atoms with E-state index in [-0.39, 0.29) is 45.9 Å². The molecule has 36 heavy (non-hydrogen) atoms. The van der Waals surface area contributed by atoms with Crippen molar-refractivity contribution in [3.63, 3.8) is 0 Å². The Bertz CT molecular complexity index is 1690. The number of aromatic amines is 1. The molecule has 0 unspecified atom stereocenters. The largest absolute Gasteiger partial charge is 0.452 e. The summed E-state index contributed by atoms with van der Waals surface area (Å²) in [6.45, 7) is 3.65. The van der Waals surface area contributed by atoms with Crippen molar-refractivity contribution in [2.24, 2.45) is 5.73 Å². The van der Waals surface area contributed by atoms with Crippen LogP contribution >= 0.6 is 0 Å². The van der Waals surface area contributed by atoms with Gasteiger partial charge in [0.2, 0.25) is 0 Å². The summed E-state index contributed by atoms with van der Waals surface area (Å²) < 4.78 is 38.1. The Balaban J connectivity index is 1.60. The number of rotatable bonds is 6. The van der Waals surface area contributed by atoms with E-state index in [0.29, 0.717) is 11.2 Å². The molecule has 2 aromatic carbocycles. The van der Waals surface area contributed by atoms with Gasteiger partial charge >= 0.3 is 5.69 Å². The van der Waals surface area contributed by atoms with E-state index < -0.39 is 17.5 Å². The maximum atomic E-state index is 15.3. The average molecular weight is 491 g/mol. The number of hydrogen-bond acceptors (Lipinski definition) is 6. The molecule has 0 atom stereocenters. The van der Waals surface area contributed by atoms with Crippen molar-refractivity contribution in [1.29, 1.82) is 0 Å². The molecule has 5 rings (SSSR count). The second kappa shape index (κ2) is 8.73. The summed E-state index contributed by atoms with van der Waals surface area (Å²) in [7, 11) is 0. The molecule has 10 nitrogen and oxygen atoms in total. The predicted molar refractivity (Wildman–Crippen MR) is 126 cm³/mol. The highest BCUT2D eigenvalue weighted by atomic mass is 19.1. The van der Waals surface area contributed by atoms with E-state index in [2.05, 4.69) is 20.3 Å². The molecule has 0 aliphatic carbocycles. The second-order valence-corrected chi connectivity index (χ2v) is 8.16. The van der Waals surface area contributed by atoms with Crippen molar-refractivity contribution < 1.29 is 18.3 Å². The second-order valence-electron chi connectivity index (χ2n) is 8.16. The Labute approximate surface area is 202 Å². The number of carbonyl (C=O) groups is 1. The first kappa shape index (κ1) is 22.9. The minimum absolute atomic E-state index is 0.00604. The van der Waals surface area contributed by atoms with Gasteiger partial charge in [-0.2, -0.15) is 0 Å². The molecule has 3 aromatic heterocycles. The Morgan fingerprint density at radius 2 is 1.86 bits per heavy atom. The van der Waals surface area contributed by atoms with E-state index in [4.69, 9.17) is 10.5 Å². The lowest BCUT2D eigenvalue weighted by Gasteiger charge is -2.13. The summed E-state index contributed by atoms with van der Waals surface area (Å²) >= 11 is 0. The van der Waals surface area contributed by atoms with Crippen LogP contribution in [0.25, 0.3) is 28.1 Å². The van der Waals surface area contributed by atoms with Crippen LogP contribution in [0, 0.1) is 11.6 Å². The molecule has 1 amide bonds. The molecule has 12 heteroatoms. The van der Waals surface area contributed by atoms with Gasteiger partial charge in [-0.25, -0.2) is 23.2 Å². The highest BCUT2D eigenvalue weighted by Crippen LogP contribution is 2.34. The van der Waals surface area contributed by atoms with Gasteiger partial charge in [0.1, 0.15) is 22.7 Å². The zero-order chi connectivity index (χ0) is 25.6. The molecule has 3 N–H and O–H groups in total. The van der Waals surface area contributed by atoms with Crippen LogP contribution in [0.15, 0.2) is 59.5 Å². The number of imidazole rings is 1. The zero-order valence-electron chi connectivity index (χ0n) is 19.1. The van der Waals surface area contributed by atoms with Gasteiger partial charge in [0, 0.05) is 23.9 Å². The summed E-state index contributed by atoms with van der Waals surface area (Å²) in [6, 6.07) is 10.9. The summed E-state index contributed by atoms with van der Waals surface area (Å²) in [5, 5.41) is 7.62. The zero-order valence-corrected chi connectivity index (χ0v) is 19.1. The summed E-state index contributed by atoms with van der Waals surface area (Å²) in [5.74, 6) is -2.25. The molecule has 0 saturated carbocycles. The van der Waals surface area contributed by atoms with Crippen LogP contribution in [0.5, 0.6) is 11.5 Å². The van der Waals surface area contributed by atoms with Crippen molar-refractivity contribution >= 4 is 17.1 Å².